The van der Waals surface area contributed by atoms with Crippen LogP contribution in [0.25, 0.3) is 0 Å². The fraction of sp³-hybridized carbons (Fsp3) is 0.750. The van der Waals surface area contributed by atoms with Gasteiger partial charge in [0.15, 0.2) is 0 Å². The number of rotatable bonds is 3. The standard InChI is InChI=1S/C8H13N3O/c1-2-4-7(3-1)5-9-8-11-10-6-12-8/h6-7H,1-5H2,(H,9,11). The Morgan fingerprint density at radius 2 is 2.33 bits per heavy atom. The van der Waals surface area contributed by atoms with E-state index in [4.69, 9.17) is 4.42 Å². The monoisotopic (exact) mass is 167 g/mol. The number of nitrogens with one attached hydrogen (secondary N) is 1. The van der Waals surface area contributed by atoms with Gasteiger partial charge in [-0.1, -0.05) is 17.9 Å². The topological polar surface area (TPSA) is 51.0 Å². The maximum atomic E-state index is 4.96. The molecule has 0 atom stereocenters. The van der Waals surface area contributed by atoms with Crippen LogP contribution in [0.1, 0.15) is 25.7 Å². The first-order valence-electron chi connectivity index (χ1n) is 4.45. The van der Waals surface area contributed by atoms with E-state index in [1.165, 1.54) is 32.1 Å². The molecule has 0 aliphatic heterocycles. The molecule has 1 N–H and O–H groups in total. The maximum Gasteiger partial charge on any atom is 0.315 e. The second kappa shape index (κ2) is 3.56. The first kappa shape index (κ1) is 7.58. The maximum absolute atomic E-state index is 4.96. The van der Waals surface area contributed by atoms with Crippen LogP contribution in [-0.2, 0) is 0 Å². The predicted octanol–water partition coefficient (Wildman–Crippen LogP) is 1.67. The summed E-state index contributed by atoms with van der Waals surface area (Å²) in [5, 5.41) is 10.5. The Kier molecular flexibility index (Phi) is 2.25. The second-order valence-electron chi connectivity index (χ2n) is 3.28. The molecule has 4 nitrogen and oxygen atoms in total. The lowest BCUT2D eigenvalue weighted by Gasteiger charge is -2.07. The molecule has 0 amide bonds. The number of aromatic nitrogens is 2. The fourth-order valence-electron chi connectivity index (χ4n) is 1.70. The van der Waals surface area contributed by atoms with Crippen molar-refractivity contribution in [3.8, 4) is 0 Å². The second-order valence-corrected chi connectivity index (χ2v) is 3.28. The highest BCUT2D eigenvalue weighted by Gasteiger charge is 2.14. The van der Waals surface area contributed by atoms with Gasteiger partial charge < -0.3 is 9.73 Å². The number of anilines is 1. The van der Waals surface area contributed by atoms with Gasteiger partial charge in [0, 0.05) is 6.54 Å². The van der Waals surface area contributed by atoms with Crippen molar-refractivity contribution in [2.24, 2.45) is 5.92 Å². The zero-order valence-corrected chi connectivity index (χ0v) is 6.99. The molecule has 2 rings (SSSR count). The summed E-state index contributed by atoms with van der Waals surface area (Å²) in [7, 11) is 0. The van der Waals surface area contributed by atoms with Crippen LogP contribution in [0.5, 0.6) is 0 Å². The Bertz CT molecular complexity index is 216. The number of hydrogen-bond donors (Lipinski definition) is 1. The van der Waals surface area contributed by atoms with E-state index in [9.17, 15) is 0 Å². The molecular formula is C8H13N3O. The van der Waals surface area contributed by atoms with E-state index in [0.29, 0.717) is 6.01 Å². The van der Waals surface area contributed by atoms with Gasteiger partial charge in [0.1, 0.15) is 0 Å². The molecule has 0 aromatic carbocycles. The van der Waals surface area contributed by atoms with E-state index in [2.05, 4.69) is 15.5 Å². The first-order valence-corrected chi connectivity index (χ1v) is 4.45. The highest BCUT2D eigenvalue weighted by Crippen LogP contribution is 2.24. The molecule has 0 radical (unpaired) electrons. The predicted molar refractivity (Wildman–Crippen MR) is 44.7 cm³/mol. The lowest BCUT2D eigenvalue weighted by Crippen LogP contribution is -2.10. The van der Waals surface area contributed by atoms with Crippen LogP contribution in [0.3, 0.4) is 0 Å². The molecule has 1 aliphatic rings. The Morgan fingerprint density at radius 1 is 1.50 bits per heavy atom. The lowest BCUT2D eigenvalue weighted by molar-refractivity contribution is 0.535. The largest absolute Gasteiger partial charge is 0.411 e. The molecule has 1 aliphatic carbocycles. The molecule has 66 valence electrons. The molecule has 12 heavy (non-hydrogen) atoms. The van der Waals surface area contributed by atoms with Gasteiger partial charge in [0.25, 0.3) is 0 Å². The normalized spacial score (nSPS) is 18.3. The summed E-state index contributed by atoms with van der Waals surface area (Å²) in [6.07, 6.45) is 6.76. The van der Waals surface area contributed by atoms with Gasteiger partial charge in [-0.15, -0.1) is 5.10 Å². The molecule has 1 fully saturated rings. The number of nitrogens with zero attached hydrogens (tertiary/aromatic N) is 2. The summed E-state index contributed by atoms with van der Waals surface area (Å²) in [5.41, 5.74) is 0. The minimum atomic E-state index is 0.543. The molecule has 0 saturated heterocycles. The summed E-state index contributed by atoms with van der Waals surface area (Å²) in [6, 6.07) is 0.543. The molecule has 0 spiro atoms. The third-order valence-corrected chi connectivity index (χ3v) is 2.38. The molecule has 1 aromatic heterocycles. The highest BCUT2D eigenvalue weighted by atomic mass is 16.4. The van der Waals surface area contributed by atoms with E-state index in [-0.39, 0.29) is 0 Å². The SMILES string of the molecule is c1nnc(NCC2CCCC2)o1. The molecule has 1 heterocycles. The summed E-state index contributed by atoms with van der Waals surface area (Å²) < 4.78 is 4.96. The average Bonchev–Trinajstić information content (AvgIpc) is 2.74. The van der Waals surface area contributed by atoms with Crippen LogP contribution in [0.2, 0.25) is 0 Å². The zero-order valence-electron chi connectivity index (χ0n) is 6.99. The minimum absolute atomic E-state index is 0.543. The summed E-state index contributed by atoms with van der Waals surface area (Å²) in [5.74, 6) is 0.803. The van der Waals surface area contributed by atoms with Crippen molar-refractivity contribution < 1.29 is 4.42 Å². The third kappa shape index (κ3) is 1.75. The zero-order chi connectivity index (χ0) is 8.23. The Balaban J connectivity index is 1.74. The van der Waals surface area contributed by atoms with Gasteiger partial charge in [-0.25, -0.2) is 0 Å². The molecule has 1 aromatic rings. The van der Waals surface area contributed by atoms with Crippen LogP contribution < -0.4 is 5.32 Å². The smallest absolute Gasteiger partial charge is 0.315 e. The summed E-state index contributed by atoms with van der Waals surface area (Å²) in [6.45, 7) is 0.974. The van der Waals surface area contributed by atoms with Crippen molar-refractivity contribution in [2.75, 3.05) is 11.9 Å². The van der Waals surface area contributed by atoms with Gasteiger partial charge >= 0.3 is 6.01 Å². The van der Waals surface area contributed by atoms with Crippen molar-refractivity contribution in [1.29, 1.82) is 0 Å². The van der Waals surface area contributed by atoms with Gasteiger partial charge in [-0.05, 0) is 18.8 Å². The Labute approximate surface area is 71.4 Å². The van der Waals surface area contributed by atoms with E-state index in [1.54, 1.807) is 0 Å². The summed E-state index contributed by atoms with van der Waals surface area (Å²) >= 11 is 0. The van der Waals surface area contributed by atoms with Crippen LogP contribution in [0.4, 0.5) is 6.01 Å². The Morgan fingerprint density at radius 3 is 3.00 bits per heavy atom. The van der Waals surface area contributed by atoms with Gasteiger partial charge in [-0.3, -0.25) is 0 Å². The minimum Gasteiger partial charge on any atom is -0.411 e. The van der Waals surface area contributed by atoms with Crippen molar-refractivity contribution in [3.05, 3.63) is 6.39 Å². The number of hydrogen-bond acceptors (Lipinski definition) is 4. The summed E-state index contributed by atoms with van der Waals surface area (Å²) in [4.78, 5) is 0. The van der Waals surface area contributed by atoms with Crippen molar-refractivity contribution in [2.45, 2.75) is 25.7 Å². The molecule has 1 saturated carbocycles. The van der Waals surface area contributed by atoms with E-state index < -0.39 is 0 Å². The van der Waals surface area contributed by atoms with Crippen LogP contribution in [0, 0.1) is 5.92 Å². The first-order chi connectivity index (χ1) is 5.95. The van der Waals surface area contributed by atoms with Gasteiger partial charge in [-0.2, -0.15) is 0 Å². The van der Waals surface area contributed by atoms with Crippen LogP contribution in [-0.4, -0.2) is 16.7 Å². The molecule has 0 unspecified atom stereocenters. The van der Waals surface area contributed by atoms with Gasteiger partial charge in [0.2, 0.25) is 6.39 Å². The quantitative estimate of drug-likeness (QED) is 0.744. The van der Waals surface area contributed by atoms with Crippen LogP contribution in [0.15, 0.2) is 10.8 Å². The third-order valence-electron chi connectivity index (χ3n) is 2.38. The molecule has 0 bridgehead atoms. The van der Waals surface area contributed by atoms with E-state index >= 15 is 0 Å². The molecule has 4 heteroatoms. The van der Waals surface area contributed by atoms with Crippen LogP contribution >= 0.6 is 0 Å². The lowest BCUT2D eigenvalue weighted by atomic mass is 10.1. The average molecular weight is 167 g/mol. The van der Waals surface area contributed by atoms with Crippen molar-refractivity contribution in [3.63, 3.8) is 0 Å². The van der Waals surface area contributed by atoms with Crippen molar-refractivity contribution >= 4 is 6.01 Å². The van der Waals surface area contributed by atoms with E-state index in [0.717, 1.165) is 12.5 Å². The van der Waals surface area contributed by atoms with E-state index in [1.807, 2.05) is 0 Å². The van der Waals surface area contributed by atoms with Gasteiger partial charge in [0.05, 0.1) is 0 Å². The fourth-order valence-corrected chi connectivity index (χ4v) is 1.70. The molecular weight excluding hydrogens is 154 g/mol. The van der Waals surface area contributed by atoms with Crippen molar-refractivity contribution in [1.82, 2.24) is 10.2 Å². The Hall–Kier alpha value is -1.06. The highest BCUT2D eigenvalue weighted by molar-refractivity contribution is 5.15.